The lowest BCUT2D eigenvalue weighted by molar-refractivity contribution is -0.161. The minimum Gasteiger partial charge on any atom is -0.481 e. The molecule has 1 saturated heterocycles. The molecule has 5 N–H and O–H groups in total. The molecule has 0 saturated carbocycles. The van der Waals surface area contributed by atoms with Crippen LogP contribution in [0.3, 0.4) is 0 Å². The summed E-state index contributed by atoms with van der Waals surface area (Å²) in [6, 6.07) is 2.69. The van der Waals surface area contributed by atoms with Gasteiger partial charge in [0.25, 0.3) is 5.91 Å². The third kappa shape index (κ3) is 7.65. The van der Waals surface area contributed by atoms with Gasteiger partial charge in [-0.25, -0.2) is 15.0 Å². The molecule has 0 spiro atoms. The zero-order valence-electron chi connectivity index (χ0n) is 23.8. The van der Waals surface area contributed by atoms with Gasteiger partial charge < -0.3 is 40.3 Å². The molecule has 14 nitrogen and oxygen atoms in total. The molecular weight excluding hydrogens is 682 g/mol. The number of nitrogen functional groups attached to an aromatic ring is 1. The van der Waals surface area contributed by atoms with E-state index in [1.165, 1.54) is 25.0 Å². The van der Waals surface area contributed by atoms with Crippen LogP contribution < -0.4 is 20.9 Å². The molecule has 2 aromatic heterocycles. The molecule has 17 heteroatoms. The number of likely N-dealkylation sites (tertiary alicyclic amines) is 1. The maximum Gasteiger partial charge on any atom is 0.323 e. The summed E-state index contributed by atoms with van der Waals surface area (Å²) in [6.07, 6.45) is 2.51. The smallest absolute Gasteiger partial charge is 0.323 e. The van der Waals surface area contributed by atoms with Gasteiger partial charge in [-0.2, -0.15) is 0 Å². The van der Waals surface area contributed by atoms with E-state index in [0.717, 1.165) is 28.6 Å². The number of anilines is 1. The van der Waals surface area contributed by atoms with E-state index in [2.05, 4.69) is 25.9 Å². The van der Waals surface area contributed by atoms with Crippen molar-refractivity contribution in [2.45, 2.75) is 67.8 Å². The molecule has 0 radical (unpaired) electrons. The summed E-state index contributed by atoms with van der Waals surface area (Å²) in [4.78, 5) is 51.7. The first kappa shape index (κ1) is 33.6. The average Bonchev–Trinajstić information content (AvgIpc) is 3.59. The van der Waals surface area contributed by atoms with Gasteiger partial charge in [-0.05, 0) is 66.6 Å². The molecule has 5 rings (SSSR count). The van der Waals surface area contributed by atoms with Crippen LogP contribution >= 0.6 is 40.1 Å². The van der Waals surface area contributed by atoms with E-state index in [-0.39, 0.29) is 37.9 Å². The second-order valence-electron chi connectivity index (χ2n) is 10.4. The summed E-state index contributed by atoms with van der Waals surface area (Å²) in [6.45, 7) is 3.38. The number of aliphatic carboxylic acids is 1. The molecule has 0 bridgehead atoms. The van der Waals surface area contributed by atoms with Crippen LogP contribution in [-0.2, 0) is 25.7 Å². The number of benzene rings is 1. The Labute approximate surface area is 271 Å². The first-order valence-corrected chi connectivity index (χ1v) is 15.4. The Balaban J connectivity index is 0.00000442. The molecule has 2 atom stereocenters. The van der Waals surface area contributed by atoms with Crippen molar-refractivity contribution in [2.75, 3.05) is 25.6 Å². The van der Waals surface area contributed by atoms with Crippen LogP contribution in [0.5, 0.6) is 11.5 Å². The van der Waals surface area contributed by atoms with Crippen molar-refractivity contribution >= 4 is 74.9 Å². The number of imidazole rings is 1. The zero-order chi connectivity index (χ0) is 30.7. The Bertz CT molecular complexity index is 1540. The SMILES string of the molecule is C[C@H](OC(=O)[C@@H](N)CCC(=O)O)C(=O)N1CCC(CCn2c(Sc3cc4c(cc3Br)OCO4)nc3c(N)ncnc32)CC1.Cl. The molecule has 1 fully saturated rings. The quantitative estimate of drug-likeness (QED) is 0.245. The van der Waals surface area contributed by atoms with Crippen LogP contribution in [0, 0.1) is 5.92 Å². The largest absolute Gasteiger partial charge is 0.481 e. The molecule has 0 aliphatic carbocycles. The normalized spacial score (nSPS) is 15.9. The zero-order valence-corrected chi connectivity index (χ0v) is 27.0. The van der Waals surface area contributed by atoms with Crippen LogP contribution in [0.25, 0.3) is 11.2 Å². The van der Waals surface area contributed by atoms with Crippen molar-refractivity contribution in [2.24, 2.45) is 11.7 Å². The summed E-state index contributed by atoms with van der Waals surface area (Å²) < 4.78 is 19.1. The van der Waals surface area contributed by atoms with E-state index in [4.69, 9.17) is 35.8 Å². The summed E-state index contributed by atoms with van der Waals surface area (Å²) in [5, 5.41) is 9.49. The number of halogens is 2. The van der Waals surface area contributed by atoms with Crippen LogP contribution in [0.1, 0.15) is 39.0 Å². The number of carbonyl (C=O) groups excluding carboxylic acids is 2. The Morgan fingerprint density at radius 1 is 1.20 bits per heavy atom. The van der Waals surface area contributed by atoms with Crippen LogP contribution in [0.2, 0.25) is 0 Å². The van der Waals surface area contributed by atoms with Gasteiger partial charge in [0.05, 0.1) is 0 Å². The highest BCUT2D eigenvalue weighted by atomic mass is 79.9. The Kier molecular flexibility index (Phi) is 11.2. The summed E-state index contributed by atoms with van der Waals surface area (Å²) in [5.41, 5.74) is 13.0. The number of aromatic nitrogens is 4. The second kappa shape index (κ2) is 14.6. The number of carbonyl (C=O) groups is 3. The Morgan fingerprint density at radius 3 is 2.61 bits per heavy atom. The lowest BCUT2D eigenvalue weighted by atomic mass is 9.93. The van der Waals surface area contributed by atoms with Crippen molar-refractivity contribution in [3.63, 3.8) is 0 Å². The summed E-state index contributed by atoms with van der Waals surface area (Å²) in [5.74, 6) is -0.136. The highest BCUT2D eigenvalue weighted by molar-refractivity contribution is 9.10. The number of ether oxygens (including phenoxy) is 3. The highest BCUT2D eigenvalue weighted by Crippen LogP contribution is 2.43. The van der Waals surface area contributed by atoms with Gasteiger partial charge in [0.1, 0.15) is 12.4 Å². The van der Waals surface area contributed by atoms with Gasteiger partial charge >= 0.3 is 11.9 Å². The van der Waals surface area contributed by atoms with E-state index in [9.17, 15) is 14.4 Å². The number of aryl methyl sites for hydroxylation is 1. The molecule has 44 heavy (non-hydrogen) atoms. The predicted molar refractivity (Wildman–Crippen MR) is 166 cm³/mol. The van der Waals surface area contributed by atoms with Gasteiger partial charge in [0, 0.05) is 35.4 Å². The lowest BCUT2D eigenvalue weighted by Crippen LogP contribution is -2.46. The number of rotatable bonds is 11. The van der Waals surface area contributed by atoms with Crippen molar-refractivity contribution in [1.82, 2.24) is 24.4 Å². The maximum absolute atomic E-state index is 12.9. The van der Waals surface area contributed by atoms with Gasteiger partial charge in [-0.3, -0.25) is 14.4 Å². The van der Waals surface area contributed by atoms with E-state index in [1.807, 2.05) is 16.7 Å². The highest BCUT2D eigenvalue weighted by Gasteiger charge is 2.30. The fraction of sp³-hybridized carbons (Fsp3) is 0.481. The van der Waals surface area contributed by atoms with Crippen molar-refractivity contribution < 1.29 is 33.7 Å². The fourth-order valence-corrected chi connectivity index (χ4v) is 6.52. The molecule has 1 aromatic carbocycles. The Hall–Kier alpha value is -3.34. The first-order valence-electron chi connectivity index (χ1n) is 13.8. The van der Waals surface area contributed by atoms with Crippen LogP contribution in [0.4, 0.5) is 5.82 Å². The second-order valence-corrected chi connectivity index (χ2v) is 12.3. The number of amides is 1. The van der Waals surface area contributed by atoms with Crippen molar-refractivity contribution in [3.8, 4) is 11.5 Å². The number of carboxylic acids is 1. The topological polar surface area (TPSA) is 198 Å². The van der Waals surface area contributed by atoms with E-state index in [1.54, 1.807) is 4.90 Å². The summed E-state index contributed by atoms with van der Waals surface area (Å²) in [7, 11) is 0. The molecule has 4 heterocycles. The van der Waals surface area contributed by atoms with Gasteiger partial charge in [-0.1, -0.05) is 11.8 Å². The molecule has 1 amide bonds. The summed E-state index contributed by atoms with van der Waals surface area (Å²) >= 11 is 5.08. The standard InChI is InChI=1S/C27H32BrN7O7S.ClH/c1-14(42-26(39)17(29)2-3-21(36)37)25(38)34-7-4-15(5-8-34)6-9-35-24-22(23(30)31-12-32-24)33-27(35)43-20-11-19-18(10-16(20)28)40-13-41-19;/h10-12,14-15,17H,2-9,13,29H2,1H3,(H,36,37)(H2,30,31,32);1H/t14-,17-;/m0./s1. The van der Waals surface area contributed by atoms with E-state index < -0.39 is 24.1 Å². The molecule has 3 aromatic rings. The van der Waals surface area contributed by atoms with E-state index >= 15 is 0 Å². The number of piperidine rings is 1. The minimum absolute atomic E-state index is 0. The number of fused-ring (bicyclic) bond motifs is 2. The maximum atomic E-state index is 12.9. The van der Waals surface area contributed by atoms with E-state index in [0.29, 0.717) is 59.2 Å². The van der Waals surface area contributed by atoms with Crippen LogP contribution in [-0.4, -0.2) is 79.4 Å². The number of esters is 1. The number of hydrogen-bond acceptors (Lipinski definition) is 12. The first-order chi connectivity index (χ1) is 20.6. The average molecular weight is 715 g/mol. The van der Waals surface area contributed by atoms with Crippen molar-refractivity contribution in [3.05, 3.63) is 22.9 Å². The molecular formula is C27H33BrClN7O7S. The van der Waals surface area contributed by atoms with Gasteiger partial charge in [0.2, 0.25) is 6.79 Å². The van der Waals surface area contributed by atoms with Gasteiger partial charge in [0.15, 0.2) is 39.7 Å². The minimum atomic E-state index is -1.09. The number of nitrogens with two attached hydrogens (primary N) is 2. The number of carboxylic acid groups (broad SMARTS) is 1. The van der Waals surface area contributed by atoms with Crippen molar-refractivity contribution in [1.29, 1.82) is 0 Å². The molecule has 0 unspecified atom stereocenters. The fourth-order valence-electron chi connectivity index (χ4n) is 5.01. The monoisotopic (exact) mass is 713 g/mol. The third-order valence-electron chi connectivity index (χ3n) is 7.45. The lowest BCUT2D eigenvalue weighted by Gasteiger charge is -2.33. The number of nitrogens with zero attached hydrogens (tertiary/aromatic N) is 5. The molecule has 2 aliphatic rings. The Morgan fingerprint density at radius 2 is 1.91 bits per heavy atom. The van der Waals surface area contributed by atoms with Crippen LogP contribution in [0.15, 0.2) is 33.0 Å². The number of hydrogen-bond donors (Lipinski definition) is 3. The predicted octanol–water partition coefficient (Wildman–Crippen LogP) is 3.23. The third-order valence-corrected chi connectivity index (χ3v) is 9.42. The van der Waals surface area contributed by atoms with Gasteiger partial charge in [-0.15, -0.1) is 12.4 Å². The molecule has 2 aliphatic heterocycles. The molecule has 238 valence electrons.